The van der Waals surface area contributed by atoms with Crippen LogP contribution in [-0.4, -0.2) is 22.7 Å². The summed E-state index contributed by atoms with van der Waals surface area (Å²) in [6.45, 7) is 0.693. The number of rotatable bonds is 5. The molecule has 80 valence electrons. The fourth-order valence-electron chi connectivity index (χ4n) is 1.34. The van der Waals surface area contributed by atoms with Gasteiger partial charge in [0.25, 0.3) is 0 Å². The highest BCUT2D eigenvalue weighted by Crippen LogP contribution is 2.32. The number of carboxylic acids is 1. The van der Waals surface area contributed by atoms with Crippen molar-refractivity contribution in [3.05, 3.63) is 24.0 Å². The largest absolute Gasteiger partial charge is 0.492 e. The van der Waals surface area contributed by atoms with Crippen LogP contribution in [0.15, 0.2) is 18.3 Å². The van der Waals surface area contributed by atoms with Gasteiger partial charge in [-0.1, -0.05) is 12.8 Å². The highest BCUT2D eigenvalue weighted by atomic mass is 16.5. The Morgan fingerprint density at radius 3 is 2.87 bits per heavy atom. The van der Waals surface area contributed by atoms with E-state index < -0.39 is 5.97 Å². The smallest absolute Gasteiger partial charge is 0.354 e. The van der Waals surface area contributed by atoms with Gasteiger partial charge in [-0.05, 0) is 24.5 Å². The summed E-state index contributed by atoms with van der Waals surface area (Å²) in [5, 5.41) is 8.63. The Kier molecular flexibility index (Phi) is 2.85. The summed E-state index contributed by atoms with van der Waals surface area (Å²) in [5.74, 6) is 0.469. The van der Waals surface area contributed by atoms with Gasteiger partial charge in [-0.15, -0.1) is 0 Å². The van der Waals surface area contributed by atoms with Crippen LogP contribution in [-0.2, 0) is 0 Å². The summed E-state index contributed by atoms with van der Waals surface area (Å²) in [5.41, 5.74) is 0.0459. The van der Waals surface area contributed by atoms with Gasteiger partial charge in [0, 0.05) is 0 Å². The molecule has 4 nitrogen and oxygen atoms in total. The second-order valence-corrected chi connectivity index (χ2v) is 3.76. The van der Waals surface area contributed by atoms with Crippen LogP contribution in [0.1, 0.15) is 29.8 Å². The topological polar surface area (TPSA) is 59.4 Å². The summed E-state index contributed by atoms with van der Waals surface area (Å²) >= 11 is 0. The van der Waals surface area contributed by atoms with Crippen molar-refractivity contribution in [1.82, 2.24) is 4.98 Å². The molecule has 0 radical (unpaired) electrons. The Morgan fingerprint density at radius 1 is 1.53 bits per heavy atom. The lowest BCUT2D eigenvalue weighted by atomic mass is 10.3. The van der Waals surface area contributed by atoms with Crippen LogP contribution in [0.5, 0.6) is 5.75 Å². The number of carbonyl (C=O) groups is 1. The number of nitrogens with zero attached hydrogens (tertiary/aromatic N) is 1. The Morgan fingerprint density at radius 2 is 2.33 bits per heavy atom. The van der Waals surface area contributed by atoms with Gasteiger partial charge in [-0.25, -0.2) is 9.78 Å². The normalized spacial score (nSPS) is 14.9. The lowest BCUT2D eigenvalue weighted by Crippen LogP contribution is -2.02. The van der Waals surface area contributed by atoms with Crippen LogP contribution >= 0.6 is 0 Å². The van der Waals surface area contributed by atoms with Crippen LogP contribution in [0.3, 0.4) is 0 Å². The lowest BCUT2D eigenvalue weighted by molar-refractivity contribution is 0.0690. The van der Waals surface area contributed by atoms with E-state index in [1.165, 1.54) is 25.1 Å². The zero-order valence-electron chi connectivity index (χ0n) is 8.35. The number of carboxylic acid groups (broad SMARTS) is 1. The van der Waals surface area contributed by atoms with Crippen molar-refractivity contribution >= 4 is 5.97 Å². The van der Waals surface area contributed by atoms with Crippen molar-refractivity contribution in [3.8, 4) is 5.75 Å². The van der Waals surface area contributed by atoms with Gasteiger partial charge in [-0.3, -0.25) is 0 Å². The SMILES string of the molecule is O=C(O)c1ccc(OCCC2CC2)cn1. The second kappa shape index (κ2) is 4.29. The maximum Gasteiger partial charge on any atom is 0.354 e. The summed E-state index contributed by atoms with van der Waals surface area (Å²) in [7, 11) is 0. The number of pyridine rings is 1. The number of aromatic carboxylic acids is 1. The average Bonchev–Trinajstić information content (AvgIpc) is 3.02. The van der Waals surface area contributed by atoms with Gasteiger partial charge in [0.2, 0.25) is 0 Å². The molecule has 0 unspecified atom stereocenters. The van der Waals surface area contributed by atoms with Gasteiger partial charge in [0.05, 0.1) is 12.8 Å². The highest BCUT2D eigenvalue weighted by Gasteiger charge is 2.20. The maximum atomic E-state index is 10.5. The molecule has 15 heavy (non-hydrogen) atoms. The van der Waals surface area contributed by atoms with E-state index in [9.17, 15) is 4.79 Å². The minimum atomic E-state index is -1.01. The molecule has 0 aliphatic heterocycles. The molecule has 0 bridgehead atoms. The number of aromatic nitrogens is 1. The molecular formula is C11H13NO3. The van der Waals surface area contributed by atoms with E-state index in [1.54, 1.807) is 6.07 Å². The van der Waals surface area contributed by atoms with E-state index >= 15 is 0 Å². The molecule has 0 amide bonds. The molecule has 1 N–H and O–H groups in total. The summed E-state index contributed by atoms with van der Waals surface area (Å²) in [6, 6.07) is 3.10. The van der Waals surface area contributed by atoms with Gasteiger partial charge < -0.3 is 9.84 Å². The number of ether oxygens (including phenoxy) is 1. The Labute approximate surface area is 87.9 Å². The first-order valence-electron chi connectivity index (χ1n) is 5.08. The molecule has 0 saturated heterocycles. The van der Waals surface area contributed by atoms with Crippen molar-refractivity contribution < 1.29 is 14.6 Å². The van der Waals surface area contributed by atoms with E-state index in [4.69, 9.17) is 9.84 Å². The first-order valence-corrected chi connectivity index (χ1v) is 5.08. The number of hydrogen-bond donors (Lipinski definition) is 1. The van der Waals surface area contributed by atoms with Crippen molar-refractivity contribution in [2.75, 3.05) is 6.61 Å². The third-order valence-corrected chi connectivity index (χ3v) is 2.45. The molecule has 1 fully saturated rings. The van der Waals surface area contributed by atoms with E-state index in [1.807, 2.05) is 0 Å². The highest BCUT2D eigenvalue weighted by molar-refractivity contribution is 5.85. The third-order valence-electron chi connectivity index (χ3n) is 2.45. The summed E-state index contributed by atoms with van der Waals surface area (Å²) < 4.78 is 5.44. The molecule has 1 aliphatic carbocycles. The van der Waals surface area contributed by atoms with E-state index in [0.717, 1.165) is 12.3 Å². The van der Waals surface area contributed by atoms with Crippen molar-refractivity contribution in [1.29, 1.82) is 0 Å². The van der Waals surface area contributed by atoms with Crippen molar-refractivity contribution in [2.45, 2.75) is 19.3 Å². The van der Waals surface area contributed by atoms with Crippen LogP contribution in [0.2, 0.25) is 0 Å². The summed E-state index contributed by atoms with van der Waals surface area (Å²) in [4.78, 5) is 14.3. The molecule has 2 rings (SSSR count). The average molecular weight is 207 g/mol. The lowest BCUT2D eigenvalue weighted by Gasteiger charge is -2.04. The fourth-order valence-corrected chi connectivity index (χ4v) is 1.34. The Balaban J connectivity index is 1.83. The zero-order valence-corrected chi connectivity index (χ0v) is 8.35. The van der Waals surface area contributed by atoms with Gasteiger partial charge in [0.1, 0.15) is 11.4 Å². The van der Waals surface area contributed by atoms with Crippen LogP contribution in [0.4, 0.5) is 0 Å². The Hall–Kier alpha value is -1.58. The van der Waals surface area contributed by atoms with Gasteiger partial charge in [-0.2, -0.15) is 0 Å². The summed E-state index contributed by atoms with van der Waals surface area (Å²) in [6.07, 6.45) is 5.18. The van der Waals surface area contributed by atoms with E-state index in [2.05, 4.69) is 4.98 Å². The molecule has 4 heteroatoms. The monoisotopic (exact) mass is 207 g/mol. The third kappa shape index (κ3) is 2.94. The Bertz CT molecular complexity index is 343. The standard InChI is InChI=1S/C11H13NO3/c13-11(14)10-4-3-9(7-12-10)15-6-5-8-1-2-8/h3-4,7-8H,1-2,5-6H2,(H,13,14). The second-order valence-electron chi connectivity index (χ2n) is 3.76. The van der Waals surface area contributed by atoms with Crippen molar-refractivity contribution in [3.63, 3.8) is 0 Å². The first kappa shape index (κ1) is 9.96. The molecule has 1 aliphatic rings. The minimum absolute atomic E-state index is 0.0459. The molecule has 1 aromatic heterocycles. The number of hydrogen-bond acceptors (Lipinski definition) is 3. The predicted octanol–water partition coefficient (Wildman–Crippen LogP) is 1.96. The molecule has 0 aromatic carbocycles. The predicted molar refractivity (Wildman–Crippen MR) is 54.0 cm³/mol. The van der Waals surface area contributed by atoms with E-state index in [0.29, 0.717) is 12.4 Å². The zero-order chi connectivity index (χ0) is 10.7. The van der Waals surface area contributed by atoms with Crippen LogP contribution in [0, 0.1) is 5.92 Å². The quantitative estimate of drug-likeness (QED) is 0.801. The van der Waals surface area contributed by atoms with Gasteiger partial charge in [0.15, 0.2) is 0 Å². The fraction of sp³-hybridized carbons (Fsp3) is 0.455. The molecule has 1 aromatic rings. The molecule has 1 heterocycles. The molecule has 1 saturated carbocycles. The molecular weight excluding hydrogens is 194 g/mol. The van der Waals surface area contributed by atoms with E-state index in [-0.39, 0.29) is 5.69 Å². The first-order chi connectivity index (χ1) is 7.25. The minimum Gasteiger partial charge on any atom is -0.492 e. The maximum absolute atomic E-state index is 10.5. The molecule has 0 atom stereocenters. The van der Waals surface area contributed by atoms with Crippen molar-refractivity contribution in [2.24, 2.45) is 5.92 Å². The molecule has 0 spiro atoms. The van der Waals surface area contributed by atoms with Crippen LogP contribution < -0.4 is 4.74 Å². The van der Waals surface area contributed by atoms with Crippen LogP contribution in [0.25, 0.3) is 0 Å². The van der Waals surface area contributed by atoms with Gasteiger partial charge >= 0.3 is 5.97 Å².